The van der Waals surface area contributed by atoms with E-state index in [9.17, 15) is 21.6 Å². The molecule has 0 saturated carbocycles. The van der Waals surface area contributed by atoms with Crippen molar-refractivity contribution in [1.29, 1.82) is 0 Å². The molecule has 0 saturated heterocycles. The Balaban J connectivity index is 2.18. The van der Waals surface area contributed by atoms with Gasteiger partial charge in [-0.1, -0.05) is 0 Å². The first-order valence-electron chi connectivity index (χ1n) is 7.46. The van der Waals surface area contributed by atoms with E-state index < -0.39 is 21.7 Å². The van der Waals surface area contributed by atoms with Crippen molar-refractivity contribution in [2.75, 3.05) is 6.26 Å². The van der Waals surface area contributed by atoms with Crippen molar-refractivity contribution < 1.29 is 21.6 Å². The summed E-state index contributed by atoms with van der Waals surface area (Å²) in [5.74, 6) is 0.0925. The zero-order valence-electron chi connectivity index (χ0n) is 13.8. The Kier molecular flexibility index (Phi) is 4.35. The SMILES string of the molecule is Cc1cc(-c2nc(C(F)(F)F)cn2-c2ccc(S(C)(=O)=O)cc2)ccn1. The van der Waals surface area contributed by atoms with Crippen LogP contribution in [0.5, 0.6) is 0 Å². The molecule has 26 heavy (non-hydrogen) atoms. The molecule has 9 heteroatoms. The predicted molar refractivity (Wildman–Crippen MR) is 89.6 cm³/mol. The molecule has 0 aliphatic heterocycles. The number of aromatic nitrogens is 3. The Morgan fingerprint density at radius 1 is 1.08 bits per heavy atom. The molecule has 3 aromatic rings. The highest BCUT2D eigenvalue weighted by atomic mass is 32.2. The first kappa shape index (κ1) is 18.1. The van der Waals surface area contributed by atoms with Gasteiger partial charge in [0.2, 0.25) is 0 Å². The van der Waals surface area contributed by atoms with Crippen molar-refractivity contribution in [2.24, 2.45) is 0 Å². The van der Waals surface area contributed by atoms with Gasteiger partial charge in [0.1, 0.15) is 5.82 Å². The minimum atomic E-state index is -4.60. The third-order valence-electron chi connectivity index (χ3n) is 3.69. The highest BCUT2D eigenvalue weighted by Crippen LogP contribution is 2.32. The summed E-state index contributed by atoms with van der Waals surface area (Å²) < 4.78 is 63.9. The summed E-state index contributed by atoms with van der Waals surface area (Å²) in [5, 5.41) is 0. The van der Waals surface area contributed by atoms with Crippen molar-refractivity contribution in [3.8, 4) is 17.1 Å². The Morgan fingerprint density at radius 3 is 2.27 bits per heavy atom. The van der Waals surface area contributed by atoms with E-state index in [0.717, 1.165) is 12.5 Å². The fraction of sp³-hybridized carbons (Fsp3) is 0.176. The van der Waals surface area contributed by atoms with Crippen molar-refractivity contribution in [3.05, 3.63) is 60.2 Å². The van der Waals surface area contributed by atoms with Crippen LogP contribution in [0.15, 0.2) is 53.7 Å². The van der Waals surface area contributed by atoms with Crippen LogP contribution in [0.25, 0.3) is 17.1 Å². The quantitative estimate of drug-likeness (QED) is 0.695. The maximum absolute atomic E-state index is 13.1. The number of nitrogens with zero attached hydrogens (tertiary/aromatic N) is 3. The smallest absolute Gasteiger partial charge is 0.299 e. The van der Waals surface area contributed by atoms with Gasteiger partial charge < -0.3 is 0 Å². The highest BCUT2D eigenvalue weighted by Gasteiger charge is 2.35. The Hall–Kier alpha value is -2.68. The van der Waals surface area contributed by atoms with E-state index >= 15 is 0 Å². The predicted octanol–water partition coefficient (Wildman–Crippen LogP) is 3.67. The molecule has 0 radical (unpaired) electrons. The molecule has 0 N–H and O–H groups in total. The monoisotopic (exact) mass is 381 g/mol. The normalized spacial score (nSPS) is 12.3. The standard InChI is InChI=1S/C17H14F3N3O2S/c1-11-9-12(7-8-21-11)16-22-15(17(18,19)20)10-23(16)13-3-5-14(6-4-13)26(2,24)25/h3-10H,1-2H3. The average Bonchev–Trinajstić information content (AvgIpc) is 3.00. The number of rotatable bonds is 3. The van der Waals surface area contributed by atoms with Crippen molar-refractivity contribution in [3.63, 3.8) is 0 Å². The molecule has 0 spiro atoms. The van der Waals surface area contributed by atoms with Gasteiger partial charge in [-0.3, -0.25) is 9.55 Å². The van der Waals surface area contributed by atoms with Gasteiger partial charge in [0.25, 0.3) is 0 Å². The van der Waals surface area contributed by atoms with E-state index in [2.05, 4.69) is 9.97 Å². The van der Waals surface area contributed by atoms with Crippen molar-refractivity contribution in [2.45, 2.75) is 18.0 Å². The molecule has 2 aromatic heterocycles. The highest BCUT2D eigenvalue weighted by molar-refractivity contribution is 7.90. The third-order valence-corrected chi connectivity index (χ3v) is 4.82. The summed E-state index contributed by atoms with van der Waals surface area (Å²) in [6.45, 7) is 1.72. The number of halogens is 3. The summed E-state index contributed by atoms with van der Waals surface area (Å²) >= 11 is 0. The maximum Gasteiger partial charge on any atom is 0.434 e. The van der Waals surface area contributed by atoms with Crippen LogP contribution in [-0.2, 0) is 16.0 Å². The van der Waals surface area contributed by atoms with Crippen molar-refractivity contribution >= 4 is 9.84 Å². The summed E-state index contributed by atoms with van der Waals surface area (Å²) in [6, 6.07) is 8.77. The summed E-state index contributed by atoms with van der Waals surface area (Å²) in [7, 11) is -3.40. The van der Waals surface area contributed by atoms with Crippen LogP contribution in [0, 0.1) is 6.92 Å². The van der Waals surface area contributed by atoms with Crippen LogP contribution in [0.3, 0.4) is 0 Å². The number of hydrogen-bond acceptors (Lipinski definition) is 4. The van der Waals surface area contributed by atoms with E-state index in [0.29, 0.717) is 16.9 Å². The van der Waals surface area contributed by atoms with Crippen LogP contribution in [0.2, 0.25) is 0 Å². The largest absolute Gasteiger partial charge is 0.434 e. The number of imidazole rings is 1. The molecular weight excluding hydrogens is 367 g/mol. The molecule has 0 aliphatic rings. The molecule has 0 atom stereocenters. The first-order chi connectivity index (χ1) is 12.1. The number of pyridine rings is 1. The number of aryl methyl sites for hydroxylation is 1. The second kappa shape index (κ2) is 6.24. The molecule has 3 rings (SSSR count). The van der Waals surface area contributed by atoms with Gasteiger partial charge in [-0.2, -0.15) is 13.2 Å². The van der Waals surface area contributed by atoms with E-state index in [4.69, 9.17) is 0 Å². The lowest BCUT2D eigenvalue weighted by Crippen LogP contribution is -2.05. The molecule has 136 valence electrons. The Morgan fingerprint density at radius 2 is 1.73 bits per heavy atom. The van der Waals surface area contributed by atoms with Gasteiger partial charge in [0.15, 0.2) is 15.5 Å². The molecular formula is C17H14F3N3O2S. The number of hydrogen-bond donors (Lipinski definition) is 0. The molecule has 1 aromatic carbocycles. The topological polar surface area (TPSA) is 64.8 Å². The van der Waals surface area contributed by atoms with Gasteiger partial charge in [-0.25, -0.2) is 13.4 Å². The minimum Gasteiger partial charge on any atom is -0.299 e. The van der Waals surface area contributed by atoms with Gasteiger partial charge in [0, 0.05) is 35.6 Å². The van der Waals surface area contributed by atoms with Crippen LogP contribution in [0.1, 0.15) is 11.4 Å². The van der Waals surface area contributed by atoms with E-state index in [1.54, 1.807) is 19.1 Å². The molecule has 0 aliphatic carbocycles. The van der Waals surface area contributed by atoms with E-state index in [1.807, 2.05) is 0 Å². The first-order valence-corrected chi connectivity index (χ1v) is 9.35. The van der Waals surface area contributed by atoms with Crippen LogP contribution >= 0.6 is 0 Å². The lowest BCUT2D eigenvalue weighted by molar-refractivity contribution is -0.140. The molecule has 5 nitrogen and oxygen atoms in total. The van der Waals surface area contributed by atoms with Gasteiger partial charge in [-0.15, -0.1) is 0 Å². The molecule has 0 unspecified atom stereocenters. The van der Waals surface area contributed by atoms with Crippen molar-refractivity contribution in [1.82, 2.24) is 14.5 Å². The minimum absolute atomic E-state index is 0.0821. The zero-order chi connectivity index (χ0) is 19.1. The number of alkyl halides is 3. The second-order valence-electron chi connectivity index (χ2n) is 5.77. The number of sulfone groups is 1. The van der Waals surface area contributed by atoms with Crippen LogP contribution in [-0.4, -0.2) is 29.2 Å². The average molecular weight is 381 g/mol. The molecule has 0 amide bonds. The molecule has 0 fully saturated rings. The van der Waals surface area contributed by atoms with Crippen LogP contribution < -0.4 is 0 Å². The van der Waals surface area contributed by atoms with Gasteiger partial charge in [0.05, 0.1) is 4.90 Å². The third kappa shape index (κ3) is 3.62. The fourth-order valence-electron chi connectivity index (χ4n) is 2.46. The Bertz CT molecular complexity index is 1060. The van der Waals surface area contributed by atoms with E-state index in [1.165, 1.54) is 35.0 Å². The molecule has 2 heterocycles. The molecule has 0 bridgehead atoms. The van der Waals surface area contributed by atoms with Crippen LogP contribution in [0.4, 0.5) is 13.2 Å². The summed E-state index contributed by atoms with van der Waals surface area (Å²) in [5.41, 5.74) is 0.442. The second-order valence-corrected chi connectivity index (χ2v) is 7.79. The number of benzene rings is 1. The lowest BCUT2D eigenvalue weighted by atomic mass is 10.2. The Labute approximate surface area is 148 Å². The summed E-state index contributed by atoms with van der Waals surface area (Å²) in [6.07, 6.45) is -1.16. The van der Waals surface area contributed by atoms with Gasteiger partial charge >= 0.3 is 6.18 Å². The zero-order valence-corrected chi connectivity index (χ0v) is 14.6. The summed E-state index contributed by atoms with van der Waals surface area (Å²) in [4.78, 5) is 7.85. The van der Waals surface area contributed by atoms with Gasteiger partial charge in [-0.05, 0) is 43.3 Å². The van der Waals surface area contributed by atoms with E-state index in [-0.39, 0.29) is 10.7 Å². The lowest BCUT2D eigenvalue weighted by Gasteiger charge is -2.09. The maximum atomic E-state index is 13.1. The fourth-order valence-corrected chi connectivity index (χ4v) is 3.09.